The quantitative estimate of drug-likeness (QED) is 0.330. The molecule has 0 aromatic carbocycles. The number of amides is 1. The van der Waals surface area contributed by atoms with Crippen molar-refractivity contribution in [1.82, 2.24) is 5.43 Å². The van der Waals surface area contributed by atoms with Crippen LogP contribution < -0.4 is 5.43 Å². The van der Waals surface area contributed by atoms with Gasteiger partial charge in [-0.25, -0.2) is 5.10 Å². The molecule has 0 atom stereocenters. The van der Waals surface area contributed by atoms with E-state index in [2.05, 4.69) is 5.10 Å². The molecule has 0 rings (SSSR count). The Bertz CT molecular complexity index is 88.0. The largest absolute Gasteiger partial charge is 0.518 e. The van der Waals surface area contributed by atoms with E-state index in [1.54, 1.807) is 13.8 Å². The van der Waals surface area contributed by atoms with E-state index in [-0.39, 0.29) is 21.1 Å². The Morgan fingerprint density at radius 3 is 2.25 bits per heavy atom. The van der Waals surface area contributed by atoms with Crippen LogP contribution in [0.1, 0.15) is 13.8 Å². The van der Waals surface area contributed by atoms with Gasteiger partial charge in [-0.15, -0.1) is 6.41 Å². The van der Waals surface area contributed by atoms with E-state index in [1.807, 2.05) is 5.43 Å². The van der Waals surface area contributed by atoms with Gasteiger partial charge in [0, 0.05) is 26.8 Å². The Hall–Kier alpha value is -0.172. The molecule has 1 amide bonds. The minimum absolute atomic E-state index is 0. The Labute approximate surface area is 62.8 Å². The van der Waals surface area contributed by atoms with Gasteiger partial charge in [-0.3, -0.25) is 0 Å². The van der Waals surface area contributed by atoms with Gasteiger partial charge < -0.3 is 10.2 Å². The Kier molecular flexibility index (Phi) is 9.17. The van der Waals surface area contributed by atoms with Gasteiger partial charge in [-0.05, 0) is 13.8 Å². The maximum absolute atomic E-state index is 9.37. The van der Waals surface area contributed by atoms with Crippen molar-refractivity contribution in [2.75, 3.05) is 0 Å². The molecule has 0 bridgehead atoms. The molecule has 0 spiro atoms. The van der Waals surface area contributed by atoms with Crippen molar-refractivity contribution >= 4 is 12.1 Å². The topological polar surface area (TPSA) is 41.5 Å². The summed E-state index contributed by atoms with van der Waals surface area (Å²) in [7, 11) is 0. The number of rotatable bonds is 2. The molecule has 0 radical (unpaired) electrons. The summed E-state index contributed by atoms with van der Waals surface area (Å²) in [5.41, 5.74) is 2.84. The minimum atomic E-state index is 0. The van der Waals surface area contributed by atoms with E-state index in [0.29, 0.717) is 0 Å². The molecule has 0 fully saturated rings. The maximum atomic E-state index is 9.37. The average Bonchev–Trinajstić information content (AvgIpc) is 1.61. The zero-order chi connectivity index (χ0) is 5.70. The summed E-state index contributed by atoms with van der Waals surface area (Å²) in [5.74, 6) is 0. The third-order valence-electron chi connectivity index (χ3n) is 0.325. The molecule has 0 aromatic rings. The number of nitrogens with one attached hydrogen (secondary N) is 1. The second-order valence-corrected chi connectivity index (χ2v) is 1.27. The number of hydrazone groups is 1. The van der Waals surface area contributed by atoms with Crippen LogP contribution in [0, 0.1) is 0 Å². The first-order valence-electron chi connectivity index (χ1n) is 1.90. The van der Waals surface area contributed by atoms with Gasteiger partial charge in [0.25, 0.3) is 0 Å². The zero-order valence-electron chi connectivity index (χ0n) is 4.76. The first kappa shape index (κ1) is 10.7. The van der Waals surface area contributed by atoms with Gasteiger partial charge in [0.15, 0.2) is 0 Å². The smallest absolute Gasteiger partial charge is 0.0289 e. The Morgan fingerprint density at radius 1 is 1.62 bits per heavy atom. The second kappa shape index (κ2) is 6.83. The summed E-state index contributed by atoms with van der Waals surface area (Å²) in [4.78, 5) is 9.37. The fraction of sp³-hybridized carbons (Fsp3) is 0.500. The van der Waals surface area contributed by atoms with E-state index in [4.69, 9.17) is 0 Å². The predicted molar refractivity (Wildman–Crippen MR) is 27.6 cm³/mol. The van der Waals surface area contributed by atoms with Gasteiger partial charge >= 0.3 is 0 Å². The number of carbonyl (C=O) groups excluding carboxylic acids is 1. The van der Waals surface area contributed by atoms with E-state index < -0.39 is 0 Å². The van der Waals surface area contributed by atoms with E-state index in [1.165, 1.54) is 6.41 Å². The molecule has 0 heterocycles. The van der Waals surface area contributed by atoms with Crippen LogP contribution in [0.25, 0.3) is 0 Å². The van der Waals surface area contributed by atoms with Crippen molar-refractivity contribution < 1.29 is 25.9 Å². The van der Waals surface area contributed by atoms with E-state index in [0.717, 1.165) is 5.71 Å². The van der Waals surface area contributed by atoms with Crippen LogP contribution in [-0.2, 0) is 25.9 Å². The van der Waals surface area contributed by atoms with Crippen LogP contribution in [0.4, 0.5) is 0 Å². The summed E-state index contributed by atoms with van der Waals surface area (Å²) in [6.07, 6.45) is 1.41. The van der Waals surface area contributed by atoms with Gasteiger partial charge in [0.1, 0.15) is 0 Å². The molecule has 3 nitrogen and oxygen atoms in total. The predicted octanol–water partition coefficient (Wildman–Crippen LogP) is 0.0365. The molecule has 8 heavy (non-hydrogen) atoms. The molecule has 46 valence electrons. The summed E-state index contributed by atoms with van der Waals surface area (Å²) in [6, 6.07) is 0. The van der Waals surface area contributed by atoms with Crippen LogP contribution in [0.5, 0.6) is 0 Å². The van der Waals surface area contributed by atoms with E-state index >= 15 is 0 Å². The van der Waals surface area contributed by atoms with Crippen molar-refractivity contribution in [2.24, 2.45) is 5.10 Å². The normalized spacial score (nSPS) is 6.25. The first-order valence-corrected chi connectivity index (χ1v) is 1.90. The van der Waals surface area contributed by atoms with Crippen molar-refractivity contribution in [1.29, 1.82) is 0 Å². The second-order valence-electron chi connectivity index (χ2n) is 1.27. The number of hydrogen-bond acceptors (Lipinski definition) is 2. The van der Waals surface area contributed by atoms with Crippen molar-refractivity contribution in [3.63, 3.8) is 0 Å². The summed E-state index contributed by atoms with van der Waals surface area (Å²) in [6.45, 7) is 3.56. The van der Waals surface area contributed by atoms with Crippen LogP contribution in [0.3, 0.4) is 0 Å². The summed E-state index contributed by atoms with van der Waals surface area (Å²) < 4.78 is 0. The molecule has 0 aliphatic carbocycles. The van der Waals surface area contributed by atoms with E-state index in [9.17, 15) is 4.79 Å². The molecule has 1 N–H and O–H groups in total. The maximum Gasteiger partial charge on any atom is 0.0289 e. The third-order valence-corrected chi connectivity index (χ3v) is 0.325. The monoisotopic (exact) mass is 283 g/mol. The molecule has 0 aliphatic heterocycles. The summed E-state index contributed by atoms with van der Waals surface area (Å²) in [5, 5.41) is 3.49. The summed E-state index contributed by atoms with van der Waals surface area (Å²) >= 11 is 0. The number of nitrogens with zero attached hydrogens (tertiary/aromatic N) is 1. The molecule has 4 heteroatoms. The van der Waals surface area contributed by atoms with Gasteiger partial charge in [-0.1, -0.05) is 0 Å². The third kappa shape index (κ3) is 9.27. The van der Waals surface area contributed by atoms with Crippen LogP contribution in [0.2, 0.25) is 0 Å². The molecular formula is C4H7N2OW-. The Morgan fingerprint density at radius 2 is 2.12 bits per heavy atom. The fourth-order valence-electron chi connectivity index (χ4n) is 0.135. The van der Waals surface area contributed by atoms with Gasteiger partial charge in [-0.2, -0.15) is 0 Å². The van der Waals surface area contributed by atoms with Crippen molar-refractivity contribution in [2.45, 2.75) is 13.8 Å². The molecule has 0 aromatic heterocycles. The minimum Gasteiger partial charge on any atom is -0.518 e. The number of hydrogen-bond donors (Lipinski definition) is 1. The fourth-order valence-corrected chi connectivity index (χ4v) is 0.135. The van der Waals surface area contributed by atoms with Crippen LogP contribution in [0.15, 0.2) is 5.10 Å². The van der Waals surface area contributed by atoms with Crippen molar-refractivity contribution in [3.05, 3.63) is 0 Å². The van der Waals surface area contributed by atoms with Crippen LogP contribution in [-0.4, -0.2) is 12.1 Å². The first-order chi connectivity index (χ1) is 3.27. The Balaban J connectivity index is 0. The molecule has 0 saturated carbocycles. The zero-order valence-corrected chi connectivity index (χ0v) is 7.70. The SMILES string of the molecule is CC(C)=NN[C-]=O.[W]. The van der Waals surface area contributed by atoms with Crippen LogP contribution >= 0.6 is 0 Å². The molecular weight excluding hydrogens is 276 g/mol. The molecule has 0 unspecified atom stereocenters. The average molecular weight is 283 g/mol. The standard InChI is InChI=1S/C4H7N2O.W/c1-4(2)6-5-3-7;/h1-2H3,(H,5,7);/q-1;. The van der Waals surface area contributed by atoms with Gasteiger partial charge in [0.2, 0.25) is 0 Å². The van der Waals surface area contributed by atoms with Gasteiger partial charge in [0.05, 0.1) is 0 Å². The van der Waals surface area contributed by atoms with Crippen molar-refractivity contribution in [3.8, 4) is 0 Å². The molecule has 0 aliphatic rings. The molecule has 0 saturated heterocycles.